The van der Waals surface area contributed by atoms with E-state index in [0.29, 0.717) is 5.75 Å². The van der Waals surface area contributed by atoms with Crippen molar-refractivity contribution in [3.63, 3.8) is 0 Å². The van der Waals surface area contributed by atoms with Gasteiger partial charge in [0.15, 0.2) is 16.4 Å². The molecule has 1 saturated heterocycles. The highest BCUT2D eigenvalue weighted by Gasteiger charge is 2.30. The first kappa shape index (κ1) is 21.3. The fraction of sp³-hybridized carbons (Fsp3) is 0.316. The number of nitrogens with zero attached hydrogens (tertiary/aromatic N) is 2. The van der Waals surface area contributed by atoms with Crippen molar-refractivity contribution in [1.82, 2.24) is 9.21 Å². The lowest BCUT2D eigenvalue weighted by molar-refractivity contribution is -0.134. The van der Waals surface area contributed by atoms with Crippen LogP contribution in [-0.4, -0.2) is 71.0 Å². The van der Waals surface area contributed by atoms with Gasteiger partial charge in [0.05, 0.1) is 9.79 Å². The molecule has 1 heterocycles. The van der Waals surface area contributed by atoms with Crippen LogP contribution in [0.15, 0.2) is 64.4 Å². The molecule has 1 fully saturated rings. The summed E-state index contributed by atoms with van der Waals surface area (Å²) in [5.41, 5.74) is 0. The molecular formula is C19H22N2O6S2. The number of hydrogen-bond acceptors (Lipinski definition) is 6. The van der Waals surface area contributed by atoms with Gasteiger partial charge in [-0.15, -0.1) is 0 Å². The molecule has 29 heavy (non-hydrogen) atoms. The van der Waals surface area contributed by atoms with Crippen molar-refractivity contribution >= 4 is 25.8 Å². The monoisotopic (exact) mass is 438 g/mol. The largest absolute Gasteiger partial charge is 0.484 e. The average molecular weight is 439 g/mol. The van der Waals surface area contributed by atoms with Gasteiger partial charge in [0.25, 0.3) is 5.91 Å². The van der Waals surface area contributed by atoms with E-state index >= 15 is 0 Å². The number of hydrogen-bond donors (Lipinski definition) is 0. The van der Waals surface area contributed by atoms with Gasteiger partial charge in [-0.25, -0.2) is 16.8 Å². The van der Waals surface area contributed by atoms with E-state index in [1.807, 2.05) is 0 Å². The van der Waals surface area contributed by atoms with Crippen molar-refractivity contribution in [2.24, 2.45) is 0 Å². The Kier molecular flexibility index (Phi) is 6.25. The lowest BCUT2D eigenvalue weighted by Gasteiger charge is -2.33. The van der Waals surface area contributed by atoms with Crippen molar-refractivity contribution in [3.05, 3.63) is 54.6 Å². The third-order valence-electron chi connectivity index (χ3n) is 4.59. The first-order valence-corrected chi connectivity index (χ1v) is 12.3. The minimum Gasteiger partial charge on any atom is -0.484 e. The number of amides is 1. The van der Waals surface area contributed by atoms with Crippen molar-refractivity contribution < 1.29 is 26.4 Å². The predicted octanol–water partition coefficient (Wildman–Crippen LogP) is 1.00. The van der Waals surface area contributed by atoms with Crippen LogP contribution in [0.4, 0.5) is 0 Å². The molecule has 8 nitrogen and oxygen atoms in total. The number of carbonyl (C=O) groups is 1. The third kappa shape index (κ3) is 5.14. The Morgan fingerprint density at radius 1 is 0.862 bits per heavy atom. The number of sulfonamides is 1. The van der Waals surface area contributed by atoms with Crippen LogP contribution in [0.25, 0.3) is 0 Å². The molecule has 10 heteroatoms. The minimum absolute atomic E-state index is 0.173. The summed E-state index contributed by atoms with van der Waals surface area (Å²) < 4.78 is 55.0. The smallest absolute Gasteiger partial charge is 0.260 e. The summed E-state index contributed by atoms with van der Waals surface area (Å²) in [6, 6.07) is 14.0. The van der Waals surface area contributed by atoms with E-state index in [2.05, 4.69) is 0 Å². The first-order chi connectivity index (χ1) is 13.7. The van der Waals surface area contributed by atoms with Gasteiger partial charge in [-0.1, -0.05) is 18.2 Å². The van der Waals surface area contributed by atoms with E-state index in [1.54, 1.807) is 35.2 Å². The Morgan fingerprint density at radius 2 is 1.45 bits per heavy atom. The van der Waals surface area contributed by atoms with Gasteiger partial charge in [-0.05, 0) is 36.4 Å². The van der Waals surface area contributed by atoms with E-state index in [-0.39, 0.29) is 48.5 Å². The fourth-order valence-electron chi connectivity index (χ4n) is 2.94. The molecule has 1 amide bonds. The number of piperazine rings is 1. The normalized spacial score (nSPS) is 15.8. The summed E-state index contributed by atoms with van der Waals surface area (Å²) in [7, 11) is -6.86. The number of benzene rings is 2. The zero-order valence-corrected chi connectivity index (χ0v) is 17.5. The van der Waals surface area contributed by atoms with Gasteiger partial charge in [-0.3, -0.25) is 4.79 Å². The Hall–Kier alpha value is -2.43. The number of ether oxygens (including phenoxy) is 1. The van der Waals surface area contributed by atoms with E-state index in [1.165, 1.54) is 28.6 Å². The second kappa shape index (κ2) is 8.52. The molecule has 0 aliphatic carbocycles. The molecular weight excluding hydrogens is 416 g/mol. The van der Waals surface area contributed by atoms with E-state index in [0.717, 1.165) is 6.26 Å². The van der Waals surface area contributed by atoms with Crippen LogP contribution in [-0.2, 0) is 24.7 Å². The summed E-state index contributed by atoms with van der Waals surface area (Å²) in [4.78, 5) is 14.3. The molecule has 0 radical (unpaired) electrons. The summed E-state index contributed by atoms with van der Waals surface area (Å²) >= 11 is 0. The average Bonchev–Trinajstić information content (AvgIpc) is 2.72. The van der Waals surface area contributed by atoms with E-state index in [9.17, 15) is 21.6 Å². The standard InChI is InChI=1S/C19H22N2O6S2/c1-28(23,24)17-9-7-16(8-10-17)27-15-19(22)20-11-13-21(14-12-20)29(25,26)18-5-3-2-4-6-18/h2-10H,11-15H2,1H3. The van der Waals surface area contributed by atoms with Crippen LogP contribution >= 0.6 is 0 Å². The van der Waals surface area contributed by atoms with Crippen molar-refractivity contribution in [2.45, 2.75) is 9.79 Å². The van der Waals surface area contributed by atoms with Crippen molar-refractivity contribution in [2.75, 3.05) is 39.0 Å². The van der Waals surface area contributed by atoms with Crippen LogP contribution in [0.1, 0.15) is 0 Å². The van der Waals surface area contributed by atoms with Crippen LogP contribution < -0.4 is 4.74 Å². The van der Waals surface area contributed by atoms with Gasteiger partial charge in [-0.2, -0.15) is 4.31 Å². The highest BCUT2D eigenvalue weighted by Crippen LogP contribution is 2.18. The molecule has 3 rings (SSSR count). The van der Waals surface area contributed by atoms with Crippen molar-refractivity contribution in [1.29, 1.82) is 0 Å². The zero-order valence-electron chi connectivity index (χ0n) is 15.9. The van der Waals surface area contributed by atoms with Crippen LogP contribution in [0.3, 0.4) is 0 Å². The topological polar surface area (TPSA) is 101 Å². The lowest BCUT2D eigenvalue weighted by Crippen LogP contribution is -2.51. The Bertz CT molecular complexity index is 1060. The van der Waals surface area contributed by atoms with E-state index in [4.69, 9.17) is 4.74 Å². The molecule has 0 aromatic heterocycles. The summed E-state index contributed by atoms with van der Waals surface area (Å²) in [5.74, 6) is 0.130. The van der Waals surface area contributed by atoms with E-state index < -0.39 is 19.9 Å². The van der Waals surface area contributed by atoms with Gasteiger partial charge < -0.3 is 9.64 Å². The van der Waals surface area contributed by atoms with Gasteiger partial charge in [0.2, 0.25) is 10.0 Å². The van der Waals surface area contributed by atoms with Gasteiger partial charge >= 0.3 is 0 Å². The Morgan fingerprint density at radius 3 is 2.00 bits per heavy atom. The molecule has 2 aromatic carbocycles. The highest BCUT2D eigenvalue weighted by atomic mass is 32.2. The molecule has 0 spiro atoms. The maximum atomic E-state index is 12.6. The molecule has 1 aliphatic rings. The molecule has 156 valence electrons. The maximum Gasteiger partial charge on any atom is 0.260 e. The molecule has 1 aliphatic heterocycles. The third-order valence-corrected chi connectivity index (χ3v) is 7.63. The quantitative estimate of drug-likeness (QED) is 0.667. The first-order valence-electron chi connectivity index (χ1n) is 8.94. The molecule has 0 atom stereocenters. The second-order valence-corrected chi connectivity index (χ2v) is 10.6. The van der Waals surface area contributed by atoms with Crippen molar-refractivity contribution in [3.8, 4) is 5.75 Å². The summed E-state index contributed by atoms with van der Waals surface area (Å²) in [6.45, 7) is 0.782. The van der Waals surface area contributed by atoms with Crippen LogP contribution in [0, 0.1) is 0 Å². The molecule has 0 N–H and O–H groups in total. The van der Waals surface area contributed by atoms with Crippen LogP contribution in [0.2, 0.25) is 0 Å². The minimum atomic E-state index is -3.57. The van der Waals surface area contributed by atoms with Gasteiger partial charge in [0, 0.05) is 32.4 Å². The number of sulfone groups is 1. The lowest BCUT2D eigenvalue weighted by atomic mass is 10.3. The fourth-order valence-corrected chi connectivity index (χ4v) is 5.01. The molecule has 0 saturated carbocycles. The summed E-state index contributed by atoms with van der Waals surface area (Å²) in [6.07, 6.45) is 1.12. The number of rotatable bonds is 6. The van der Waals surface area contributed by atoms with Gasteiger partial charge in [0.1, 0.15) is 5.75 Å². The summed E-state index contributed by atoms with van der Waals surface area (Å²) in [5, 5.41) is 0. The number of carbonyl (C=O) groups excluding carboxylic acids is 1. The highest BCUT2D eigenvalue weighted by molar-refractivity contribution is 7.90. The zero-order chi connectivity index (χ0) is 21.1. The molecule has 0 unspecified atom stereocenters. The maximum absolute atomic E-state index is 12.6. The Balaban J connectivity index is 1.53. The van der Waals surface area contributed by atoms with Crippen LogP contribution in [0.5, 0.6) is 5.75 Å². The SMILES string of the molecule is CS(=O)(=O)c1ccc(OCC(=O)N2CCN(S(=O)(=O)c3ccccc3)CC2)cc1. The second-order valence-electron chi connectivity index (χ2n) is 6.63. The predicted molar refractivity (Wildman–Crippen MR) is 107 cm³/mol. The molecule has 2 aromatic rings. The Labute approximate surface area is 170 Å². The molecule has 0 bridgehead atoms.